The lowest BCUT2D eigenvalue weighted by molar-refractivity contribution is -0.186. The molecule has 2 unspecified atom stereocenters. The van der Waals surface area contributed by atoms with Gasteiger partial charge in [0, 0.05) is 12.1 Å². The van der Waals surface area contributed by atoms with Crippen LogP contribution in [0.5, 0.6) is 0 Å². The molecule has 1 heterocycles. The number of hydrogen-bond acceptors (Lipinski definition) is 2. The summed E-state index contributed by atoms with van der Waals surface area (Å²) in [5.41, 5.74) is 0. The molecule has 0 spiro atoms. The minimum atomic E-state index is -4.00. The minimum absolute atomic E-state index is 0.277. The number of rotatable bonds is 3. The monoisotopic (exact) mass is 278 g/mol. The molecule has 19 heavy (non-hydrogen) atoms. The lowest BCUT2D eigenvalue weighted by Gasteiger charge is -2.43. The van der Waals surface area contributed by atoms with Crippen molar-refractivity contribution in [1.29, 1.82) is 0 Å². The first-order chi connectivity index (χ1) is 9.02. The number of nitrogens with one attached hydrogen (secondary N) is 1. The molecule has 1 aliphatic carbocycles. The van der Waals surface area contributed by atoms with Crippen LogP contribution in [0.15, 0.2) is 0 Å². The van der Waals surface area contributed by atoms with E-state index >= 15 is 0 Å². The van der Waals surface area contributed by atoms with Gasteiger partial charge in [-0.3, -0.25) is 4.90 Å². The Bertz CT molecular complexity index is 270. The molecule has 2 rings (SSSR count). The Labute approximate surface area is 113 Å². The molecule has 1 saturated heterocycles. The molecule has 1 aliphatic heterocycles. The highest BCUT2D eigenvalue weighted by molar-refractivity contribution is 4.90. The van der Waals surface area contributed by atoms with Crippen LogP contribution >= 0.6 is 0 Å². The number of piperidine rings is 1. The van der Waals surface area contributed by atoms with Crippen LogP contribution in [0.4, 0.5) is 13.2 Å². The van der Waals surface area contributed by atoms with Crippen molar-refractivity contribution < 1.29 is 13.2 Å². The summed E-state index contributed by atoms with van der Waals surface area (Å²) in [7, 11) is 0. The molecule has 5 heteroatoms. The Kier molecular flexibility index (Phi) is 5.12. The summed E-state index contributed by atoms with van der Waals surface area (Å²) >= 11 is 0. The second kappa shape index (κ2) is 6.44. The van der Waals surface area contributed by atoms with Crippen LogP contribution < -0.4 is 5.32 Å². The second-order valence-corrected chi connectivity index (χ2v) is 5.87. The van der Waals surface area contributed by atoms with Crippen molar-refractivity contribution in [3.05, 3.63) is 0 Å². The van der Waals surface area contributed by atoms with Gasteiger partial charge in [-0.15, -0.1) is 0 Å². The van der Waals surface area contributed by atoms with Crippen LogP contribution in [0.2, 0.25) is 0 Å². The third kappa shape index (κ3) is 3.85. The normalized spacial score (nSPS) is 31.6. The minimum Gasteiger partial charge on any atom is -0.313 e. The van der Waals surface area contributed by atoms with Gasteiger partial charge in [-0.25, -0.2) is 0 Å². The fourth-order valence-electron chi connectivity index (χ4n) is 3.61. The second-order valence-electron chi connectivity index (χ2n) is 5.87. The molecule has 112 valence electrons. The highest BCUT2D eigenvalue weighted by atomic mass is 19.4. The molecule has 0 aromatic heterocycles. The van der Waals surface area contributed by atoms with Gasteiger partial charge in [-0.2, -0.15) is 13.2 Å². The van der Waals surface area contributed by atoms with Gasteiger partial charge in [0.2, 0.25) is 0 Å². The predicted octanol–water partition coefficient (Wildman–Crippen LogP) is 3.18. The van der Waals surface area contributed by atoms with E-state index < -0.39 is 12.1 Å². The Balaban J connectivity index is 1.88. The summed E-state index contributed by atoms with van der Waals surface area (Å²) in [5.74, 6) is -1.08. The van der Waals surface area contributed by atoms with Crippen LogP contribution in [0.25, 0.3) is 0 Å². The first-order valence-corrected chi connectivity index (χ1v) is 7.56. The van der Waals surface area contributed by atoms with Crippen molar-refractivity contribution in [3.63, 3.8) is 0 Å². The number of halogens is 3. The van der Waals surface area contributed by atoms with E-state index in [1.165, 1.54) is 12.8 Å². The molecule has 0 aromatic rings. The largest absolute Gasteiger partial charge is 0.391 e. The van der Waals surface area contributed by atoms with Crippen molar-refractivity contribution in [1.82, 2.24) is 10.2 Å². The standard InChI is InChI=1S/C14H25F3N2/c1-2-18-12-5-3-4-6-13(12)19-9-7-11(8-10-19)14(15,16)17/h11-13,18H,2-10H2,1H3. The van der Waals surface area contributed by atoms with Crippen molar-refractivity contribution in [3.8, 4) is 0 Å². The number of alkyl halides is 3. The molecular formula is C14H25F3N2. The zero-order chi connectivity index (χ0) is 13.9. The Morgan fingerprint density at radius 1 is 1.05 bits per heavy atom. The Hall–Kier alpha value is -0.290. The predicted molar refractivity (Wildman–Crippen MR) is 70.1 cm³/mol. The topological polar surface area (TPSA) is 15.3 Å². The van der Waals surface area contributed by atoms with Crippen LogP contribution in [0.3, 0.4) is 0 Å². The number of likely N-dealkylation sites (N-methyl/N-ethyl adjacent to an activating group) is 1. The van der Waals surface area contributed by atoms with Gasteiger partial charge in [0.1, 0.15) is 0 Å². The molecule has 2 atom stereocenters. The highest BCUT2D eigenvalue weighted by Crippen LogP contribution is 2.36. The summed E-state index contributed by atoms with van der Waals surface area (Å²) < 4.78 is 38.0. The maximum atomic E-state index is 12.7. The molecule has 2 aliphatic rings. The Morgan fingerprint density at radius 3 is 2.26 bits per heavy atom. The third-order valence-electron chi connectivity index (χ3n) is 4.66. The number of hydrogen-bond donors (Lipinski definition) is 1. The lowest BCUT2D eigenvalue weighted by Crippen LogP contribution is -2.54. The molecule has 0 radical (unpaired) electrons. The molecular weight excluding hydrogens is 253 g/mol. The van der Waals surface area contributed by atoms with Gasteiger partial charge in [0.25, 0.3) is 0 Å². The van der Waals surface area contributed by atoms with Gasteiger partial charge in [-0.1, -0.05) is 19.8 Å². The van der Waals surface area contributed by atoms with Gasteiger partial charge in [0.15, 0.2) is 0 Å². The average molecular weight is 278 g/mol. The summed E-state index contributed by atoms with van der Waals surface area (Å²) in [6.45, 7) is 4.26. The maximum Gasteiger partial charge on any atom is 0.391 e. The first kappa shape index (κ1) is 15.1. The van der Waals surface area contributed by atoms with Crippen LogP contribution in [0.1, 0.15) is 45.4 Å². The first-order valence-electron chi connectivity index (χ1n) is 7.56. The van der Waals surface area contributed by atoms with Gasteiger partial charge < -0.3 is 5.32 Å². The average Bonchev–Trinajstić information content (AvgIpc) is 2.39. The number of likely N-dealkylation sites (tertiary alicyclic amines) is 1. The van der Waals surface area contributed by atoms with E-state index in [0.717, 1.165) is 19.4 Å². The van der Waals surface area contributed by atoms with E-state index in [1.54, 1.807) is 0 Å². The summed E-state index contributed by atoms with van der Waals surface area (Å²) in [6, 6.07) is 0.920. The third-order valence-corrected chi connectivity index (χ3v) is 4.66. The van der Waals surface area contributed by atoms with E-state index in [-0.39, 0.29) is 12.8 Å². The molecule has 2 fully saturated rings. The van der Waals surface area contributed by atoms with Crippen LogP contribution in [0, 0.1) is 5.92 Å². The molecule has 0 bridgehead atoms. The molecule has 1 N–H and O–H groups in total. The zero-order valence-electron chi connectivity index (χ0n) is 11.7. The lowest BCUT2D eigenvalue weighted by atomic mass is 9.86. The molecule has 2 nitrogen and oxygen atoms in total. The van der Waals surface area contributed by atoms with E-state index in [0.29, 0.717) is 25.2 Å². The molecule has 1 saturated carbocycles. The van der Waals surface area contributed by atoms with Crippen molar-refractivity contribution in [2.45, 2.75) is 63.7 Å². The fraction of sp³-hybridized carbons (Fsp3) is 1.00. The van der Waals surface area contributed by atoms with Gasteiger partial charge in [0.05, 0.1) is 5.92 Å². The van der Waals surface area contributed by atoms with E-state index in [2.05, 4.69) is 17.1 Å². The molecule has 0 aromatic carbocycles. The smallest absolute Gasteiger partial charge is 0.313 e. The van der Waals surface area contributed by atoms with Gasteiger partial charge in [-0.05, 0) is 45.3 Å². The zero-order valence-corrected chi connectivity index (χ0v) is 11.7. The van der Waals surface area contributed by atoms with Crippen LogP contribution in [-0.4, -0.2) is 42.8 Å². The van der Waals surface area contributed by atoms with E-state index in [1.807, 2.05) is 0 Å². The summed E-state index contributed by atoms with van der Waals surface area (Å²) in [4.78, 5) is 2.30. The summed E-state index contributed by atoms with van der Waals surface area (Å²) in [5, 5.41) is 3.51. The van der Waals surface area contributed by atoms with Crippen molar-refractivity contribution >= 4 is 0 Å². The summed E-state index contributed by atoms with van der Waals surface area (Å²) in [6.07, 6.45) is 1.31. The van der Waals surface area contributed by atoms with E-state index in [9.17, 15) is 13.2 Å². The Morgan fingerprint density at radius 2 is 1.68 bits per heavy atom. The van der Waals surface area contributed by atoms with Gasteiger partial charge >= 0.3 is 6.18 Å². The van der Waals surface area contributed by atoms with Crippen LogP contribution in [-0.2, 0) is 0 Å². The van der Waals surface area contributed by atoms with Crippen molar-refractivity contribution in [2.24, 2.45) is 5.92 Å². The van der Waals surface area contributed by atoms with Crippen molar-refractivity contribution in [2.75, 3.05) is 19.6 Å². The molecule has 0 amide bonds. The number of nitrogens with zero attached hydrogens (tertiary/aromatic N) is 1. The highest BCUT2D eigenvalue weighted by Gasteiger charge is 2.42. The SMILES string of the molecule is CCNC1CCCCC1N1CCC(C(F)(F)F)CC1. The fourth-order valence-corrected chi connectivity index (χ4v) is 3.61. The van der Waals surface area contributed by atoms with E-state index in [4.69, 9.17) is 0 Å². The maximum absolute atomic E-state index is 12.7. The quantitative estimate of drug-likeness (QED) is 0.853.